The van der Waals surface area contributed by atoms with E-state index in [1.54, 1.807) is 24.3 Å². The molecule has 0 saturated carbocycles. The van der Waals surface area contributed by atoms with Gasteiger partial charge in [0, 0.05) is 19.4 Å². The van der Waals surface area contributed by atoms with Gasteiger partial charge in [-0.2, -0.15) is 0 Å². The third-order valence-electron chi connectivity index (χ3n) is 3.41. The molecule has 0 heterocycles. The van der Waals surface area contributed by atoms with E-state index in [0.29, 0.717) is 18.9 Å². The summed E-state index contributed by atoms with van der Waals surface area (Å²) in [6, 6.07) is 13.6. The molecule has 0 radical (unpaired) electrons. The van der Waals surface area contributed by atoms with Crippen molar-refractivity contribution in [2.24, 2.45) is 0 Å². The second kappa shape index (κ2) is 8.82. The summed E-state index contributed by atoms with van der Waals surface area (Å²) in [6.07, 6.45) is 0.475. The van der Waals surface area contributed by atoms with E-state index in [-0.39, 0.29) is 30.3 Å². The van der Waals surface area contributed by atoms with Gasteiger partial charge in [-0.3, -0.25) is 4.79 Å². The van der Waals surface area contributed by atoms with Crippen LogP contribution in [0.25, 0.3) is 0 Å². The predicted octanol–water partition coefficient (Wildman–Crippen LogP) is 3.39. The zero-order valence-corrected chi connectivity index (χ0v) is 13.5. The molecule has 0 bridgehead atoms. The maximum atomic E-state index is 13.1. The molecule has 0 aliphatic rings. The van der Waals surface area contributed by atoms with Crippen molar-refractivity contribution in [3.63, 3.8) is 0 Å². The monoisotopic (exact) mass is 329 g/mol. The van der Waals surface area contributed by atoms with Crippen molar-refractivity contribution in [1.29, 1.82) is 0 Å². The summed E-state index contributed by atoms with van der Waals surface area (Å²) in [5.41, 5.74) is 1.70. The number of ketones is 1. The van der Waals surface area contributed by atoms with Crippen molar-refractivity contribution in [2.75, 3.05) is 0 Å². The Morgan fingerprint density at radius 1 is 1.04 bits per heavy atom. The third-order valence-corrected chi connectivity index (χ3v) is 3.41. The fraction of sp³-hybridized carbons (Fsp3) is 0.263. The molecule has 0 aliphatic carbocycles. The van der Waals surface area contributed by atoms with Crippen LogP contribution in [-0.2, 0) is 22.7 Å². The van der Waals surface area contributed by atoms with Crippen LogP contribution in [0, 0.1) is 5.82 Å². The molecule has 24 heavy (non-hydrogen) atoms. The van der Waals surface area contributed by atoms with Crippen LogP contribution in [0.15, 0.2) is 48.5 Å². The molecule has 126 valence electrons. The summed E-state index contributed by atoms with van der Waals surface area (Å²) in [6.45, 7) is 2.16. The highest BCUT2D eigenvalue weighted by molar-refractivity contribution is 5.83. The minimum absolute atomic E-state index is 0.00458. The molecular weight excluding hydrogens is 309 g/mol. The molecule has 0 spiro atoms. The summed E-state index contributed by atoms with van der Waals surface area (Å²) in [5.74, 6) is 0.249. The number of rotatable bonds is 8. The fourth-order valence-electron chi connectivity index (χ4n) is 2.08. The maximum absolute atomic E-state index is 13.1. The topological polar surface area (TPSA) is 55.4 Å². The molecule has 0 atom stereocenters. The quantitative estimate of drug-likeness (QED) is 0.808. The predicted molar refractivity (Wildman–Crippen MR) is 88.9 cm³/mol. The van der Waals surface area contributed by atoms with E-state index in [0.717, 1.165) is 11.1 Å². The van der Waals surface area contributed by atoms with E-state index < -0.39 is 0 Å². The lowest BCUT2D eigenvalue weighted by atomic mass is 10.2. The Morgan fingerprint density at radius 3 is 2.46 bits per heavy atom. The van der Waals surface area contributed by atoms with Gasteiger partial charge in [-0.05, 0) is 42.3 Å². The van der Waals surface area contributed by atoms with Gasteiger partial charge >= 0.3 is 0 Å². The molecule has 4 nitrogen and oxygen atoms in total. The first-order valence-electron chi connectivity index (χ1n) is 7.75. The zero-order chi connectivity index (χ0) is 17.4. The van der Waals surface area contributed by atoms with Crippen LogP contribution >= 0.6 is 0 Å². The lowest BCUT2D eigenvalue weighted by molar-refractivity contribution is -0.124. The first-order valence-corrected chi connectivity index (χ1v) is 7.75. The summed E-state index contributed by atoms with van der Waals surface area (Å²) in [4.78, 5) is 22.4. The number of amides is 1. The smallest absolute Gasteiger partial charge is 0.220 e. The number of halogens is 1. The molecule has 0 fully saturated rings. The Hall–Kier alpha value is -2.69. The third kappa shape index (κ3) is 6.20. The Balaban J connectivity index is 1.78. The SMILES string of the molecule is CC(=O)CCC(=O)NCc1ccc(OCc2cccc(F)c2)cc1. The molecule has 1 N–H and O–H groups in total. The van der Waals surface area contributed by atoms with Crippen LogP contribution in [0.3, 0.4) is 0 Å². The van der Waals surface area contributed by atoms with Gasteiger partial charge in [0.2, 0.25) is 5.91 Å². The van der Waals surface area contributed by atoms with Crippen molar-refractivity contribution in [2.45, 2.75) is 32.9 Å². The first kappa shape index (κ1) is 17.7. The van der Waals surface area contributed by atoms with Gasteiger partial charge in [0.25, 0.3) is 0 Å². The minimum Gasteiger partial charge on any atom is -0.489 e. The second-order valence-corrected chi connectivity index (χ2v) is 5.54. The van der Waals surface area contributed by atoms with E-state index in [4.69, 9.17) is 4.74 Å². The molecule has 0 saturated heterocycles. The summed E-state index contributed by atoms with van der Waals surface area (Å²) in [5, 5.41) is 2.76. The van der Waals surface area contributed by atoms with Gasteiger partial charge < -0.3 is 14.8 Å². The molecule has 2 aromatic rings. The van der Waals surface area contributed by atoms with Crippen LogP contribution in [0.4, 0.5) is 4.39 Å². The number of ether oxygens (including phenoxy) is 1. The van der Waals surface area contributed by atoms with E-state index in [9.17, 15) is 14.0 Å². The van der Waals surface area contributed by atoms with Gasteiger partial charge in [-0.1, -0.05) is 24.3 Å². The van der Waals surface area contributed by atoms with Gasteiger partial charge in [0.15, 0.2) is 0 Å². The molecule has 0 aromatic heterocycles. The molecule has 5 heteroatoms. The van der Waals surface area contributed by atoms with E-state index in [1.807, 2.05) is 12.1 Å². The number of hydrogen-bond donors (Lipinski definition) is 1. The van der Waals surface area contributed by atoms with E-state index in [2.05, 4.69) is 5.32 Å². The highest BCUT2D eigenvalue weighted by atomic mass is 19.1. The molecule has 0 aliphatic heterocycles. The van der Waals surface area contributed by atoms with Crippen molar-refractivity contribution < 1.29 is 18.7 Å². The maximum Gasteiger partial charge on any atom is 0.220 e. The molecule has 2 rings (SSSR count). The lowest BCUT2D eigenvalue weighted by Crippen LogP contribution is -2.22. The van der Waals surface area contributed by atoms with Crippen LogP contribution in [0.1, 0.15) is 30.9 Å². The van der Waals surface area contributed by atoms with Crippen LogP contribution in [-0.4, -0.2) is 11.7 Å². The first-order chi connectivity index (χ1) is 11.5. The van der Waals surface area contributed by atoms with Crippen molar-refractivity contribution >= 4 is 11.7 Å². The van der Waals surface area contributed by atoms with Crippen LogP contribution in [0.5, 0.6) is 5.75 Å². The molecule has 2 aromatic carbocycles. The second-order valence-electron chi connectivity index (χ2n) is 5.54. The summed E-state index contributed by atoms with van der Waals surface area (Å²) >= 11 is 0. The highest BCUT2D eigenvalue weighted by Gasteiger charge is 2.04. The fourth-order valence-corrected chi connectivity index (χ4v) is 2.08. The summed E-state index contributed by atoms with van der Waals surface area (Å²) in [7, 11) is 0. The summed E-state index contributed by atoms with van der Waals surface area (Å²) < 4.78 is 18.7. The Morgan fingerprint density at radius 2 is 1.79 bits per heavy atom. The molecule has 1 amide bonds. The normalized spacial score (nSPS) is 10.2. The molecule has 0 unspecified atom stereocenters. The number of carbonyl (C=O) groups is 2. The van der Waals surface area contributed by atoms with Crippen LogP contribution < -0.4 is 10.1 Å². The standard InChI is InChI=1S/C19H20FNO3/c1-14(22)5-10-19(23)21-12-15-6-8-18(9-7-15)24-13-16-3-2-4-17(20)11-16/h2-4,6-9,11H,5,10,12-13H2,1H3,(H,21,23). The number of hydrogen-bond acceptors (Lipinski definition) is 3. The van der Waals surface area contributed by atoms with E-state index in [1.165, 1.54) is 19.1 Å². The minimum atomic E-state index is -0.285. The molecular formula is C19H20FNO3. The van der Waals surface area contributed by atoms with Crippen molar-refractivity contribution in [3.05, 3.63) is 65.5 Å². The lowest BCUT2D eigenvalue weighted by Gasteiger charge is -2.08. The largest absolute Gasteiger partial charge is 0.489 e. The number of nitrogens with one attached hydrogen (secondary N) is 1. The van der Waals surface area contributed by atoms with Gasteiger partial charge in [-0.15, -0.1) is 0 Å². The number of Topliss-reactive ketones (excluding diaryl/α,β-unsaturated/α-hetero) is 1. The van der Waals surface area contributed by atoms with Gasteiger partial charge in [-0.25, -0.2) is 4.39 Å². The van der Waals surface area contributed by atoms with Gasteiger partial charge in [0.1, 0.15) is 24.0 Å². The zero-order valence-electron chi connectivity index (χ0n) is 13.5. The average molecular weight is 329 g/mol. The number of carbonyl (C=O) groups excluding carboxylic acids is 2. The van der Waals surface area contributed by atoms with Crippen molar-refractivity contribution in [1.82, 2.24) is 5.32 Å². The Bertz CT molecular complexity index is 698. The van der Waals surface area contributed by atoms with Gasteiger partial charge in [0.05, 0.1) is 0 Å². The highest BCUT2D eigenvalue weighted by Crippen LogP contribution is 2.14. The Labute approximate surface area is 140 Å². The van der Waals surface area contributed by atoms with E-state index >= 15 is 0 Å². The number of benzene rings is 2. The van der Waals surface area contributed by atoms with Crippen molar-refractivity contribution in [3.8, 4) is 5.75 Å². The average Bonchev–Trinajstić information content (AvgIpc) is 2.57. The van der Waals surface area contributed by atoms with Crippen LogP contribution in [0.2, 0.25) is 0 Å². The Kier molecular flexibility index (Phi) is 6.49.